The van der Waals surface area contributed by atoms with Gasteiger partial charge in [-0.2, -0.15) is 0 Å². The molecule has 23 heavy (non-hydrogen) atoms. The summed E-state index contributed by atoms with van der Waals surface area (Å²) in [5, 5.41) is 18.4. The molecular formula is C17H34N2O4. The highest BCUT2D eigenvalue weighted by Crippen LogP contribution is 2.13. The maximum Gasteiger partial charge on any atom is 0.341 e. The first-order valence-corrected chi connectivity index (χ1v) is 8.86. The number of ketones is 1. The fourth-order valence-electron chi connectivity index (χ4n) is 2.48. The Morgan fingerprint density at radius 2 is 1.26 bits per heavy atom. The van der Waals surface area contributed by atoms with Crippen LogP contribution in [-0.4, -0.2) is 33.7 Å². The van der Waals surface area contributed by atoms with Crippen LogP contribution in [0.2, 0.25) is 0 Å². The number of carboxylic acid groups (broad SMARTS) is 1. The van der Waals surface area contributed by atoms with Gasteiger partial charge in [-0.25, -0.2) is 4.79 Å². The smallest absolute Gasteiger partial charge is 0.341 e. The van der Waals surface area contributed by atoms with Crippen LogP contribution in [0, 0.1) is 0 Å². The van der Waals surface area contributed by atoms with E-state index in [9.17, 15) is 14.7 Å². The number of nitrogens with two attached hydrogens (primary N) is 2. The van der Waals surface area contributed by atoms with Crippen LogP contribution >= 0.6 is 0 Å². The van der Waals surface area contributed by atoms with Crippen LogP contribution in [0.1, 0.15) is 84.0 Å². The second-order valence-electron chi connectivity index (χ2n) is 6.39. The molecule has 0 rings (SSSR count). The lowest BCUT2D eigenvalue weighted by Gasteiger charge is -2.24. The zero-order valence-corrected chi connectivity index (χ0v) is 14.4. The summed E-state index contributed by atoms with van der Waals surface area (Å²) in [5.74, 6) is -2.19. The first-order chi connectivity index (χ1) is 10.8. The highest BCUT2D eigenvalue weighted by atomic mass is 16.4. The average Bonchev–Trinajstić information content (AvgIpc) is 2.51. The number of carbonyl (C=O) groups is 2. The quantitative estimate of drug-likeness (QED) is 0.269. The monoisotopic (exact) mass is 330 g/mol. The molecule has 0 bridgehead atoms. The van der Waals surface area contributed by atoms with E-state index in [-0.39, 0.29) is 6.42 Å². The van der Waals surface area contributed by atoms with E-state index in [1.165, 1.54) is 44.9 Å². The van der Waals surface area contributed by atoms with Gasteiger partial charge in [0.15, 0.2) is 17.6 Å². The van der Waals surface area contributed by atoms with Crippen molar-refractivity contribution >= 4 is 11.8 Å². The van der Waals surface area contributed by atoms with E-state index in [1.807, 2.05) is 0 Å². The predicted molar refractivity (Wildman–Crippen MR) is 90.8 cm³/mol. The highest BCUT2D eigenvalue weighted by Gasteiger charge is 2.41. The summed E-state index contributed by atoms with van der Waals surface area (Å²) in [5.41, 5.74) is 8.07. The maximum atomic E-state index is 11.7. The van der Waals surface area contributed by atoms with E-state index in [1.54, 1.807) is 0 Å². The lowest BCUT2D eigenvalue weighted by Crippen LogP contribution is -2.66. The molecule has 0 aromatic rings. The molecule has 0 aliphatic heterocycles. The van der Waals surface area contributed by atoms with Crippen molar-refractivity contribution in [2.45, 2.75) is 95.7 Å². The molecule has 0 aliphatic carbocycles. The molecule has 6 heteroatoms. The van der Waals surface area contributed by atoms with E-state index in [4.69, 9.17) is 16.6 Å². The van der Waals surface area contributed by atoms with Crippen LogP contribution in [0.3, 0.4) is 0 Å². The fourth-order valence-corrected chi connectivity index (χ4v) is 2.48. The summed E-state index contributed by atoms with van der Waals surface area (Å²) >= 11 is 0. The van der Waals surface area contributed by atoms with Crippen molar-refractivity contribution in [3.8, 4) is 0 Å². The lowest BCUT2D eigenvalue weighted by atomic mass is 9.97. The molecule has 136 valence electrons. The van der Waals surface area contributed by atoms with Gasteiger partial charge in [0, 0.05) is 6.42 Å². The minimum Gasteiger partial charge on any atom is -0.479 e. The Bertz CT molecular complexity index is 345. The van der Waals surface area contributed by atoms with Crippen molar-refractivity contribution in [3.05, 3.63) is 0 Å². The van der Waals surface area contributed by atoms with Crippen molar-refractivity contribution in [3.63, 3.8) is 0 Å². The third-order valence-corrected chi connectivity index (χ3v) is 4.15. The first kappa shape index (κ1) is 22.0. The van der Waals surface area contributed by atoms with E-state index < -0.39 is 23.5 Å². The number of Topliss-reactive ketones (excluding diaryl/α,β-unsaturated/α-hetero) is 1. The molecule has 1 atom stereocenters. The third kappa shape index (κ3) is 9.69. The Hall–Kier alpha value is -0.980. The Labute approximate surface area is 139 Å². The number of carbonyl (C=O) groups excluding carboxylic acids is 1. The average molecular weight is 330 g/mol. The zero-order chi connectivity index (χ0) is 17.7. The van der Waals surface area contributed by atoms with Gasteiger partial charge in [0.1, 0.15) is 0 Å². The Morgan fingerprint density at radius 3 is 1.65 bits per heavy atom. The number of carboxylic acids is 1. The molecule has 6 nitrogen and oxygen atoms in total. The Balaban J connectivity index is 3.58. The van der Waals surface area contributed by atoms with Gasteiger partial charge in [-0.05, 0) is 6.42 Å². The van der Waals surface area contributed by atoms with Crippen LogP contribution in [0.25, 0.3) is 0 Å². The summed E-state index contributed by atoms with van der Waals surface area (Å²) in [6, 6.07) is 0. The molecule has 1 unspecified atom stereocenters. The van der Waals surface area contributed by atoms with Gasteiger partial charge in [-0.15, -0.1) is 0 Å². The molecule has 6 N–H and O–H groups in total. The molecule has 0 saturated carbocycles. The third-order valence-electron chi connectivity index (χ3n) is 4.15. The van der Waals surface area contributed by atoms with Gasteiger partial charge in [0.2, 0.25) is 0 Å². The Morgan fingerprint density at radius 1 is 0.870 bits per heavy atom. The summed E-state index contributed by atoms with van der Waals surface area (Å²) in [6.45, 7) is 2.21. The van der Waals surface area contributed by atoms with Gasteiger partial charge >= 0.3 is 5.97 Å². The zero-order valence-electron chi connectivity index (χ0n) is 14.4. The lowest BCUT2D eigenvalue weighted by molar-refractivity contribution is -0.152. The molecule has 0 aliphatic rings. The number of hydrogen-bond donors (Lipinski definition) is 4. The van der Waals surface area contributed by atoms with Gasteiger partial charge in [-0.3, -0.25) is 4.79 Å². The molecule has 0 spiro atoms. The predicted octanol–water partition coefficient (Wildman–Crippen LogP) is 2.32. The topological polar surface area (TPSA) is 127 Å². The molecular weight excluding hydrogens is 296 g/mol. The molecule has 0 aromatic heterocycles. The van der Waals surface area contributed by atoms with Gasteiger partial charge in [0.25, 0.3) is 0 Å². The van der Waals surface area contributed by atoms with Crippen molar-refractivity contribution in [2.75, 3.05) is 0 Å². The van der Waals surface area contributed by atoms with Crippen molar-refractivity contribution in [1.29, 1.82) is 0 Å². The van der Waals surface area contributed by atoms with Crippen LogP contribution in [0.15, 0.2) is 0 Å². The molecule has 0 heterocycles. The second-order valence-corrected chi connectivity index (χ2v) is 6.39. The van der Waals surface area contributed by atoms with Crippen LogP contribution < -0.4 is 11.5 Å². The SMILES string of the molecule is CCCCCCCCCCCCCC(=O)C(O)C(N)(N)C(=O)O. The standard InChI is InChI=1S/C17H34N2O4/c1-2-3-4-5-6-7-8-9-10-11-12-13-14(20)15(21)17(18,19)16(22)23/h15,21H,2-13,18-19H2,1H3,(H,22,23). The Kier molecular flexibility index (Phi) is 11.9. The molecule has 0 fully saturated rings. The van der Waals surface area contributed by atoms with Crippen molar-refractivity contribution in [1.82, 2.24) is 0 Å². The number of aliphatic hydroxyl groups is 1. The molecule has 0 saturated heterocycles. The van der Waals surface area contributed by atoms with E-state index in [2.05, 4.69) is 6.92 Å². The van der Waals surface area contributed by atoms with E-state index in [0.29, 0.717) is 6.42 Å². The van der Waals surface area contributed by atoms with Crippen molar-refractivity contribution < 1.29 is 19.8 Å². The normalized spacial score (nSPS) is 13.0. The fraction of sp³-hybridized carbons (Fsp3) is 0.882. The summed E-state index contributed by atoms with van der Waals surface area (Å²) in [6.07, 6.45) is 11.0. The minimum absolute atomic E-state index is 0.113. The van der Waals surface area contributed by atoms with Crippen LogP contribution in [0.4, 0.5) is 0 Å². The van der Waals surface area contributed by atoms with Crippen molar-refractivity contribution in [2.24, 2.45) is 11.5 Å². The number of unbranched alkanes of at least 4 members (excludes halogenated alkanes) is 10. The highest BCUT2D eigenvalue weighted by molar-refractivity contribution is 5.92. The number of hydrogen-bond acceptors (Lipinski definition) is 5. The molecule has 0 radical (unpaired) electrons. The summed E-state index contributed by atoms with van der Waals surface area (Å²) in [7, 11) is 0. The molecule has 0 aromatic carbocycles. The van der Waals surface area contributed by atoms with Gasteiger partial charge in [0.05, 0.1) is 0 Å². The maximum absolute atomic E-state index is 11.7. The van der Waals surface area contributed by atoms with E-state index in [0.717, 1.165) is 19.3 Å². The number of aliphatic carboxylic acids is 1. The van der Waals surface area contributed by atoms with Crippen LogP contribution in [0.5, 0.6) is 0 Å². The first-order valence-electron chi connectivity index (χ1n) is 8.86. The van der Waals surface area contributed by atoms with E-state index >= 15 is 0 Å². The number of rotatable bonds is 15. The molecule has 0 amide bonds. The largest absolute Gasteiger partial charge is 0.479 e. The number of aliphatic hydroxyl groups excluding tert-OH is 1. The van der Waals surface area contributed by atoms with Crippen LogP contribution in [-0.2, 0) is 9.59 Å². The summed E-state index contributed by atoms with van der Waals surface area (Å²) in [4.78, 5) is 22.4. The van der Waals surface area contributed by atoms with Gasteiger partial charge < -0.3 is 21.7 Å². The second kappa shape index (κ2) is 12.4. The summed E-state index contributed by atoms with van der Waals surface area (Å²) < 4.78 is 0. The minimum atomic E-state index is -2.41. The van der Waals surface area contributed by atoms with Gasteiger partial charge in [-0.1, -0.05) is 71.1 Å².